The van der Waals surface area contributed by atoms with E-state index in [0.717, 1.165) is 8.17 Å². The predicted molar refractivity (Wildman–Crippen MR) is 57.6 cm³/mol. The van der Waals surface area contributed by atoms with Gasteiger partial charge in [0.05, 0.1) is 16.2 Å². The Balaban J connectivity index is 3.15. The van der Waals surface area contributed by atoms with Gasteiger partial charge in [0.15, 0.2) is 0 Å². The lowest BCUT2D eigenvalue weighted by Crippen LogP contribution is -2.24. The van der Waals surface area contributed by atoms with Gasteiger partial charge in [0, 0.05) is 0 Å². The fraction of sp³-hybridized carbons (Fsp3) is 0.571. The van der Waals surface area contributed by atoms with Crippen molar-refractivity contribution >= 4 is 38.5 Å². The Bertz CT molecular complexity index is 262. The van der Waals surface area contributed by atoms with Crippen molar-refractivity contribution in [1.29, 1.82) is 0 Å². The molecular weight excluding hydrogens is 319 g/mol. The van der Waals surface area contributed by atoms with Gasteiger partial charge in [0.2, 0.25) is 0 Å². The lowest BCUT2D eigenvalue weighted by Gasteiger charge is -2.20. The van der Waals surface area contributed by atoms with Gasteiger partial charge < -0.3 is 0 Å². The van der Waals surface area contributed by atoms with Crippen LogP contribution in [0.25, 0.3) is 0 Å². The summed E-state index contributed by atoms with van der Waals surface area (Å²) in [5.41, 5.74) is 0.0720. The molecule has 0 spiro atoms. The van der Waals surface area contributed by atoms with Gasteiger partial charge in [-0.1, -0.05) is 0 Å². The maximum Gasteiger partial charge on any atom is 0.114 e. The van der Waals surface area contributed by atoms with E-state index >= 15 is 0 Å². The van der Waals surface area contributed by atoms with Crippen LogP contribution in [-0.2, 0) is 5.54 Å². The molecular formula is C7H10BrIN2. The fourth-order valence-corrected chi connectivity index (χ4v) is 2.03. The van der Waals surface area contributed by atoms with Gasteiger partial charge >= 0.3 is 0 Å². The van der Waals surface area contributed by atoms with E-state index < -0.39 is 0 Å². The molecule has 2 nitrogen and oxygen atoms in total. The van der Waals surface area contributed by atoms with Crippen LogP contribution in [0.3, 0.4) is 0 Å². The van der Waals surface area contributed by atoms with Crippen molar-refractivity contribution in [2.45, 2.75) is 26.3 Å². The van der Waals surface area contributed by atoms with Crippen LogP contribution in [0, 0.1) is 3.70 Å². The van der Waals surface area contributed by atoms with E-state index in [-0.39, 0.29) is 5.54 Å². The highest BCUT2D eigenvalue weighted by atomic mass is 127. The summed E-state index contributed by atoms with van der Waals surface area (Å²) in [6.45, 7) is 6.40. The molecule has 0 bridgehead atoms. The molecule has 0 aliphatic carbocycles. The van der Waals surface area contributed by atoms with Crippen molar-refractivity contribution in [1.82, 2.24) is 9.78 Å². The first kappa shape index (κ1) is 9.51. The summed E-state index contributed by atoms with van der Waals surface area (Å²) in [5.74, 6) is 0. The minimum Gasteiger partial charge on any atom is -0.253 e. The number of rotatable bonds is 0. The summed E-state index contributed by atoms with van der Waals surface area (Å²) < 4.78 is 4.21. The Morgan fingerprint density at radius 1 is 1.55 bits per heavy atom. The topological polar surface area (TPSA) is 17.8 Å². The first-order valence-electron chi connectivity index (χ1n) is 3.32. The Morgan fingerprint density at radius 3 is 2.27 bits per heavy atom. The fourth-order valence-electron chi connectivity index (χ4n) is 0.781. The minimum atomic E-state index is 0.0720. The van der Waals surface area contributed by atoms with Gasteiger partial charge in [0.1, 0.15) is 3.70 Å². The van der Waals surface area contributed by atoms with Crippen molar-refractivity contribution in [3.63, 3.8) is 0 Å². The number of hydrogen-bond acceptors (Lipinski definition) is 1. The number of hydrogen-bond donors (Lipinski definition) is 0. The van der Waals surface area contributed by atoms with E-state index in [2.05, 4.69) is 64.4 Å². The summed E-state index contributed by atoms with van der Waals surface area (Å²) in [4.78, 5) is 0. The molecule has 0 aliphatic heterocycles. The lowest BCUT2D eigenvalue weighted by atomic mass is 10.1. The SMILES string of the molecule is CC(C)(C)n1ncc(Br)c1I. The maximum atomic E-state index is 4.25. The van der Waals surface area contributed by atoms with E-state index in [0.29, 0.717) is 0 Å². The largest absolute Gasteiger partial charge is 0.253 e. The molecule has 0 radical (unpaired) electrons. The highest BCUT2D eigenvalue weighted by molar-refractivity contribution is 14.1. The van der Waals surface area contributed by atoms with Crippen molar-refractivity contribution in [3.05, 3.63) is 14.4 Å². The van der Waals surface area contributed by atoms with Crippen molar-refractivity contribution < 1.29 is 0 Å². The standard InChI is InChI=1S/C7H10BrIN2/c1-7(2,3)11-6(9)5(8)4-10-11/h4H,1-3H3. The molecule has 0 unspecified atom stereocenters. The van der Waals surface area contributed by atoms with Gasteiger partial charge in [-0.15, -0.1) is 0 Å². The Labute approximate surface area is 88.6 Å². The zero-order valence-electron chi connectivity index (χ0n) is 6.73. The molecule has 0 aliphatic rings. The smallest absolute Gasteiger partial charge is 0.114 e. The molecule has 0 saturated heterocycles. The van der Waals surface area contributed by atoms with Crippen LogP contribution in [0.4, 0.5) is 0 Å². The zero-order valence-corrected chi connectivity index (χ0v) is 10.5. The molecule has 0 amide bonds. The van der Waals surface area contributed by atoms with Crippen molar-refractivity contribution in [3.8, 4) is 0 Å². The number of halogens is 2. The Kier molecular flexibility index (Phi) is 2.63. The van der Waals surface area contributed by atoms with Crippen LogP contribution in [0.2, 0.25) is 0 Å². The molecule has 62 valence electrons. The predicted octanol–water partition coefficient (Wildman–Crippen LogP) is 3.01. The second-order valence-corrected chi connectivity index (χ2v) is 5.24. The van der Waals surface area contributed by atoms with Crippen LogP contribution in [-0.4, -0.2) is 9.78 Å². The Morgan fingerprint density at radius 2 is 2.09 bits per heavy atom. The highest BCUT2D eigenvalue weighted by Gasteiger charge is 2.17. The van der Waals surface area contributed by atoms with Gasteiger partial charge in [-0.3, -0.25) is 4.68 Å². The third kappa shape index (κ3) is 1.96. The summed E-state index contributed by atoms with van der Waals surface area (Å²) in [5, 5.41) is 4.25. The van der Waals surface area contributed by atoms with Gasteiger partial charge in [0.25, 0.3) is 0 Å². The van der Waals surface area contributed by atoms with Crippen molar-refractivity contribution in [2.24, 2.45) is 0 Å². The van der Waals surface area contributed by atoms with Crippen LogP contribution >= 0.6 is 38.5 Å². The second-order valence-electron chi connectivity index (χ2n) is 3.37. The molecule has 1 heterocycles. The quantitative estimate of drug-likeness (QED) is 0.669. The molecule has 0 saturated carbocycles. The van der Waals surface area contributed by atoms with E-state index in [9.17, 15) is 0 Å². The monoisotopic (exact) mass is 328 g/mol. The molecule has 1 aromatic rings. The van der Waals surface area contributed by atoms with Gasteiger partial charge in [-0.2, -0.15) is 5.10 Å². The molecule has 0 atom stereocenters. The Hall–Kier alpha value is 0.420. The van der Waals surface area contributed by atoms with Crippen LogP contribution in [0.5, 0.6) is 0 Å². The first-order chi connectivity index (χ1) is 4.93. The number of aromatic nitrogens is 2. The molecule has 1 rings (SSSR count). The molecule has 0 aromatic carbocycles. The highest BCUT2D eigenvalue weighted by Crippen LogP contribution is 2.23. The molecule has 4 heteroatoms. The third-order valence-electron chi connectivity index (χ3n) is 1.30. The van der Waals surface area contributed by atoms with E-state index in [1.165, 1.54) is 0 Å². The van der Waals surface area contributed by atoms with Crippen LogP contribution < -0.4 is 0 Å². The molecule has 0 N–H and O–H groups in total. The van der Waals surface area contributed by atoms with E-state index in [4.69, 9.17) is 0 Å². The van der Waals surface area contributed by atoms with Gasteiger partial charge in [-0.05, 0) is 59.3 Å². The summed E-state index contributed by atoms with van der Waals surface area (Å²) in [6, 6.07) is 0. The number of nitrogens with zero attached hydrogens (tertiary/aromatic N) is 2. The third-order valence-corrected chi connectivity index (χ3v) is 3.66. The zero-order chi connectivity index (χ0) is 8.65. The minimum absolute atomic E-state index is 0.0720. The maximum absolute atomic E-state index is 4.25. The van der Waals surface area contributed by atoms with Crippen molar-refractivity contribution in [2.75, 3.05) is 0 Å². The average molecular weight is 329 g/mol. The van der Waals surface area contributed by atoms with E-state index in [1.54, 1.807) is 0 Å². The molecule has 1 aromatic heterocycles. The average Bonchev–Trinajstić information content (AvgIpc) is 2.11. The van der Waals surface area contributed by atoms with Crippen LogP contribution in [0.15, 0.2) is 10.7 Å². The summed E-state index contributed by atoms with van der Waals surface area (Å²) >= 11 is 5.70. The molecule has 11 heavy (non-hydrogen) atoms. The van der Waals surface area contributed by atoms with E-state index in [1.807, 2.05) is 10.9 Å². The second kappa shape index (κ2) is 3.05. The summed E-state index contributed by atoms with van der Waals surface area (Å²) in [6.07, 6.45) is 1.83. The molecule has 0 fully saturated rings. The van der Waals surface area contributed by atoms with Gasteiger partial charge in [-0.25, -0.2) is 0 Å². The first-order valence-corrected chi connectivity index (χ1v) is 5.19. The van der Waals surface area contributed by atoms with Crippen LogP contribution in [0.1, 0.15) is 20.8 Å². The summed E-state index contributed by atoms with van der Waals surface area (Å²) in [7, 11) is 0. The lowest BCUT2D eigenvalue weighted by molar-refractivity contribution is 0.347. The normalized spacial score (nSPS) is 12.1.